The lowest BCUT2D eigenvalue weighted by Gasteiger charge is -2.20. The van der Waals surface area contributed by atoms with Crippen LogP contribution in [0, 0.1) is 5.82 Å². The van der Waals surface area contributed by atoms with Gasteiger partial charge in [-0.3, -0.25) is 0 Å². The van der Waals surface area contributed by atoms with Gasteiger partial charge in [0.2, 0.25) is 0 Å². The number of rotatable bonds is 5. The maximum absolute atomic E-state index is 13.7. The van der Waals surface area contributed by atoms with E-state index in [0.717, 1.165) is 12.1 Å². The predicted octanol–water partition coefficient (Wildman–Crippen LogP) is 4.37. The van der Waals surface area contributed by atoms with Gasteiger partial charge in [-0.05, 0) is 36.2 Å². The van der Waals surface area contributed by atoms with Gasteiger partial charge in [-0.15, -0.1) is 0 Å². The highest BCUT2D eigenvalue weighted by Gasteiger charge is 2.15. The summed E-state index contributed by atoms with van der Waals surface area (Å²) in [6.45, 7) is 2.84. The van der Waals surface area contributed by atoms with Crippen molar-refractivity contribution in [2.45, 2.75) is 19.4 Å². The summed E-state index contributed by atoms with van der Waals surface area (Å²) in [5.74, 6) is -0.169. The molecular formula is C16H17ClFN. The molecule has 2 aromatic carbocycles. The SMILES string of the molecule is CCNC(Cc1ccccc1F)c1ccccc1Cl. The van der Waals surface area contributed by atoms with Gasteiger partial charge in [-0.1, -0.05) is 54.9 Å². The summed E-state index contributed by atoms with van der Waals surface area (Å²) in [4.78, 5) is 0. The molecule has 3 heteroatoms. The highest BCUT2D eigenvalue weighted by atomic mass is 35.5. The fraction of sp³-hybridized carbons (Fsp3) is 0.250. The second kappa shape index (κ2) is 6.69. The molecule has 1 unspecified atom stereocenters. The molecule has 0 spiro atoms. The fourth-order valence-corrected chi connectivity index (χ4v) is 2.45. The monoisotopic (exact) mass is 277 g/mol. The van der Waals surface area contributed by atoms with E-state index in [9.17, 15) is 4.39 Å². The summed E-state index contributed by atoms with van der Waals surface area (Å²) in [7, 11) is 0. The molecule has 0 amide bonds. The average Bonchev–Trinajstić information content (AvgIpc) is 2.41. The molecule has 0 saturated heterocycles. The van der Waals surface area contributed by atoms with Crippen molar-refractivity contribution in [3.05, 3.63) is 70.5 Å². The zero-order chi connectivity index (χ0) is 13.7. The van der Waals surface area contributed by atoms with Gasteiger partial charge in [0.25, 0.3) is 0 Å². The molecule has 0 bridgehead atoms. The van der Waals surface area contributed by atoms with Gasteiger partial charge in [0.15, 0.2) is 0 Å². The Morgan fingerprint density at radius 3 is 2.47 bits per heavy atom. The molecule has 0 saturated carbocycles. The molecule has 1 atom stereocenters. The van der Waals surface area contributed by atoms with Crippen molar-refractivity contribution in [3.63, 3.8) is 0 Å². The number of nitrogens with one attached hydrogen (secondary N) is 1. The van der Waals surface area contributed by atoms with Crippen LogP contribution in [-0.4, -0.2) is 6.54 Å². The van der Waals surface area contributed by atoms with E-state index >= 15 is 0 Å². The number of halogens is 2. The van der Waals surface area contributed by atoms with Crippen LogP contribution in [-0.2, 0) is 6.42 Å². The number of likely N-dealkylation sites (N-methyl/N-ethyl adjacent to an activating group) is 1. The molecule has 2 aromatic rings. The van der Waals surface area contributed by atoms with Gasteiger partial charge in [0.05, 0.1) is 0 Å². The molecule has 0 aliphatic carbocycles. The van der Waals surface area contributed by atoms with E-state index < -0.39 is 0 Å². The van der Waals surface area contributed by atoms with Crippen molar-refractivity contribution in [2.75, 3.05) is 6.54 Å². The van der Waals surface area contributed by atoms with Crippen LogP contribution in [0.5, 0.6) is 0 Å². The summed E-state index contributed by atoms with van der Waals surface area (Å²) >= 11 is 6.23. The molecule has 1 N–H and O–H groups in total. The van der Waals surface area contributed by atoms with Crippen molar-refractivity contribution in [3.8, 4) is 0 Å². The minimum atomic E-state index is -0.169. The number of hydrogen-bond donors (Lipinski definition) is 1. The van der Waals surface area contributed by atoms with Crippen LogP contribution < -0.4 is 5.32 Å². The molecule has 0 aromatic heterocycles. The van der Waals surface area contributed by atoms with E-state index in [0.29, 0.717) is 17.0 Å². The van der Waals surface area contributed by atoms with E-state index in [2.05, 4.69) is 5.32 Å². The maximum atomic E-state index is 13.7. The molecule has 0 aliphatic heterocycles. The third-order valence-electron chi connectivity index (χ3n) is 3.11. The van der Waals surface area contributed by atoms with E-state index in [1.54, 1.807) is 6.07 Å². The van der Waals surface area contributed by atoms with Crippen LogP contribution in [0.15, 0.2) is 48.5 Å². The Hall–Kier alpha value is -1.38. The molecule has 0 heterocycles. The lowest BCUT2D eigenvalue weighted by molar-refractivity contribution is 0.528. The molecule has 1 nitrogen and oxygen atoms in total. The van der Waals surface area contributed by atoms with Crippen LogP contribution in [0.1, 0.15) is 24.1 Å². The molecule has 0 fully saturated rings. The van der Waals surface area contributed by atoms with Crippen LogP contribution in [0.2, 0.25) is 5.02 Å². The second-order valence-corrected chi connectivity index (χ2v) is 4.83. The van der Waals surface area contributed by atoms with Gasteiger partial charge >= 0.3 is 0 Å². The van der Waals surface area contributed by atoms with Gasteiger partial charge in [-0.2, -0.15) is 0 Å². The molecule has 0 aliphatic rings. The lowest BCUT2D eigenvalue weighted by atomic mass is 9.98. The zero-order valence-corrected chi connectivity index (χ0v) is 11.6. The van der Waals surface area contributed by atoms with Crippen molar-refractivity contribution in [1.82, 2.24) is 5.32 Å². The minimum absolute atomic E-state index is 0.0237. The molecule has 100 valence electrons. The van der Waals surface area contributed by atoms with Crippen LogP contribution in [0.4, 0.5) is 4.39 Å². The van der Waals surface area contributed by atoms with Crippen LogP contribution in [0.3, 0.4) is 0 Å². The number of benzene rings is 2. The Morgan fingerprint density at radius 1 is 1.11 bits per heavy atom. The zero-order valence-electron chi connectivity index (χ0n) is 10.9. The highest BCUT2D eigenvalue weighted by molar-refractivity contribution is 6.31. The summed E-state index contributed by atoms with van der Waals surface area (Å²) in [6, 6.07) is 14.6. The van der Waals surface area contributed by atoms with Crippen molar-refractivity contribution >= 4 is 11.6 Å². The Bertz CT molecular complexity index is 542. The Labute approximate surface area is 118 Å². The lowest BCUT2D eigenvalue weighted by Crippen LogP contribution is -2.23. The smallest absolute Gasteiger partial charge is 0.126 e. The summed E-state index contributed by atoms with van der Waals surface area (Å²) in [5, 5.41) is 4.08. The Morgan fingerprint density at radius 2 is 1.79 bits per heavy atom. The molecule has 2 rings (SSSR count). The van der Waals surface area contributed by atoms with Crippen LogP contribution in [0.25, 0.3) is 0 Å². The van der Waals surface area contributed by atoms with Crippen LogP contribution >= 0.6 is 11.6 Å². The van der Waals surface area contributed by atoms with E-state index in [1.165, 1.54) is 6.07 Å². The largest absolute Gasteiger partial charge is 0.310 e. The summed E-state index contributed by atoms with van der Waals surface area (Å²) in [5.41, 5.74) is 1.71. The first kappa shape index (κ1) is 14.0. The number of hydrogen-bond acceptors (Lipinski definition) is 1. The van der Waals surface area contributed by atoms with Gasteiger partial charge in [0, 0.05) is 11.1 Å². The standard InChI is InChI=1S/C16H17ClFN/c1-2-19-16(13-8-4-5-9-14(13)17)11-12-7-3-6-10-15(12)18/h3-10,16,19H,2,11H2,1H3. The first-order chi connectivity index (χ1) is 9.22. The fourth-order valence-electron chi connectivity index (χ4n) is 2.18. The molecule has 0 radical (unpaired) electrons. The van der Waals surface area contributed by atoms with Gasteiger partial charge < -0.3 is 5.32 Å². The maximum Gasteiger partial charge on any atom is 0.126 e. The third kappa shape index (κ3) is 3.55. The topological polar surface area (TPSA) is 12.0 Å². The summed E-state index contributed by atoms with van der Waals surface area (Å²) in [6.07, 6.45) is 0.588. The third-order valence-corrected chi connectivity index (χ3v) is 3.46. The predicted molar refractivity (Wildman–Crippen MR) is 78.0 cm³/mol. The Kier molecular flexibility index (Phi) is 4.94. The van der Waals surface area contributed by atoms with Gasteiger partial charge in [-0.25, -0.2) is 4.39 Å². The minimum Gasteiger partial charge on any atom is -0.310 e. The first-order valence-electron chi connectivity index (χ1n) is 6.43. The Balaban J connectivity index is 2.27. The highest BCUT2D eigenvalue weighted by Crippen LogP contribution is 2.26. The van der Waals surface area contributed by atoms with E-state index in [-0.39, 0.29) is 11.9 Å². The molecular weight excluding hydrogens is 261 g/mol. The van der Waals surface area contributed by atoms with E-state index in [4.69, 9.17) is 11.6 Å². The van der Waals surface area contributed by atoms with E-state index in [1.807, 2.05) is 43.3 Å². The second-order valence-electron chi connectivity index (χ2n) is 4.43. The normalized spacial score (nSPS) is 12.4. The molecule has 19 heavy (non-hydrogen) atoms. The van der Waals surface area contributed by atoms with Crippen molar-refractivity contribution in [2.24, 2.45) is 0 Å². The average molecular weight is 278 g/mol. The van der Waals surface area contributed by atoms with Crippen molar-refractivity contribution < 1.29 is 4.39 Å². The quantitative estimate of drug-likeness (QED) is 0.856. The summed E-state index contributed by atoms with van der Waals surface area (Å²) < 4.78 is 13.7. The van der Waals surface area contributed by atoms with Gasteiger partial charge in [0.1, 0.15) is 5.82 Å². The first-order valence-corrected chi connectivity index (χ1v) is 6.81. The van der Waals surface area contributed by atoms with Crippen molar-refractivity contribution in [1.29, 1.82) is 0 Å².